The summed E-state index contributed by atoms with van der Waals surface area (Å²) >= 11 is 0. The molecule has 0 radical (unpaired) electrons. The van der Waals surface area contributed by atoms with Crippen LogP contribution in [0.15, 0.2) is 45.6 Å². The second-order valence-corrected chi connectivity index (χ2v) is 4.51. The topological polar surface area (TPSA) is 98.3 Å². The van der Waals surface area contributed by atoms with Gasteiger partial charge >= 0.3 is 5.76 Å². The van der Waals surface area contributed by atoms with Gasteiger partial charge in [0.25, 0.3) is 0 Å². The molecule has 0 aliphatic heterocycles. The van der Waals surface area contributed by atoms with Gasteiger partial charge in [0.05, 0.1) is 18.3 Å². The highest BCUT2D eigenvalue weighted by Gasteiger charge is 2.13. The lowest BCUT2D eigenvalue weighted by Crippen LogP contribution is -2.03. The Balaban J connectivity index is 2.03. The predicted octanol–water partition coefficient (Wildman–Crippen LogP) is 1.94. The van der Waals surface area contributed by atoms with E-state index in [9.17, 15) is 9.59 Å². The molecule has 6 nitrogen and oxygen atoms in total. The minimum absolute atomic E-state index is 0.213. The number of methoxy groups -OCH3 is 1. The van der Waals surface area contributed by atoms with Crippen LogP contribution in [0.2, 0.25) is 0 Å². The van der Waals surface area contributed by atoms with Gasteiger partial charge in [-0.1, -0.05) is 0 Å². The molecule has 1 aromatic heterocycles. The van der Waals surface area contributed by atoms with Crippen LogP contribution in [-0.2, 0) is 0 Å². The first kappa shape index (κ1) is 13.0. The van der Waals surface area contributed by atoms with E-state index in [0.717, 1.165) is 0 Å². The first-order valence-corrected chi connectivity index (χ1v) is 6.19. The molecule has 0 unspecified atom stereocenters. The Bertz CT molecular complexity index is 892. The zero-order valence-electron chi connectivity index (χ0n) is 11.2. The van der Waals surface area contributed by atoms with Crippen LogP contribution in [0, 0.1) is 0 Å². The molecule has 3 N–H and O–H groups in total. The maximum atomic E-state index is 12.4. The van der Waals surface area contributed by atoms with Crippen LogP contribution in [0.5, 0.6) is 5.75 Å². The van der Waals surface area contributed by atoms with Gasteiger partial charge in [-0.15, -0.1) is 0 Å². The third-order valence-corrected chi connectivity index (χ3v) is 3.18. The van der Waals surface area contributed by atoms with Crippen LogP contribution >= 0.6 is 0 Å². The fourth-order valence-corrected chi connectivity index (χ4v) is 2.13. The first-order chi connectivity index (χ1) is 10.1. The van der Waals surface area contributed by atoms with E-state index < -0.39 is 5.76 Å². The van der Waals surface area contributed by atoms with E-state index >= 15 is 0 Å². The van der Waals surface area contributed by atoms with Gasteiger partial charge in [0.15, 0.2) is 11.4 Å². The Morgan fingerprint density at radius 1 is 1.19 bits per heavy atom. The number of nitrogens with two attached hydrogens (primary N) is 1. The van der Waals surface area contributed by atoms with Crippen LogP contribution in [0.3, 0.4) is 0 Å². The third-order valence-electron chi connectivity index (χ3n) is 3.18. The number of anilines is 1. The normalized spacial score (nSPS) is 10.7. The molecular weight excluding hydrogens is 272 g/mol. The number of carbonyl (C=O) groups is 1. The molecule has 21 heavy (non-hydrogen) atoms. The monoisotopic (exact) mass is 284 g/mol. The molecule has 3 aromatic rings. The minimum atomic E-state index is -0.553. The van der Waals surface area contributed by atoms with E-state index in [1.165, 1.54) is 13.2 Å². The van der Waals surface area contributed by atoms with Crippen molar-refractivity contribution in [3.05, 3.63) is 58.1 Å². The van der Waals surface area contributed by atoms with E-state index in [2.05, 4.69) is 4.98 Å². The number of H-pyrrole nitrogens is 1. The van der Waals surface area contributed by atoms with Crippen molar-refractivity contribution in [3.8, 4) is 5.75 Å². The quantitative estimate of drug-likeness (QED) is 0.565. The Morgan fingerprint density at radius 2 is 1.90 bits per heavy atom. The molecule has 0 aliphatic rings. The van der Waals surface area contributed by atoms with Gasteiger partial charge in [-0.2, -0.15) is 0 Å². The lowest BCUT2D eigenvalue weighted by atomic mass is 10.0. The number of nitrogen functional groups attached to an aromatic ring is 1. The summed E-state index contributed by atoms with van der Waals surface area (Å²) in [6.07, 6.45) is 0. The Kier molecular flexibility index (Phi) is 2.98. The summed E-state index contributed by atoms with van der Waals surface area (Å²) in [5, 5.41) is 0. The molecule has 0 spiro atoms. The zero-order chi connectivity index (χ0) is 15.0. The Morgan fingerprint density at radius 3 is 2.62 bits per heavy atom. The van der Waals surface area contributed by atoms with Gasteiger partial charge in [-0.25, -0.2) is 4.79 Å². The number of ketones is 1. The molecule has 0 saturated carbocycles. The number of nitrogens with one attached hydrogen (secondary N) is 1. The number of oxazole rings is 1. The van der Waals surface area contributed by atoms with Crippen LogP contribution in [0.1, 0.15) is 15.9 Å². The van der Waals surface area contributed by atoms with E-state index in [-0.39, 0.29) is 5.78 Å². The van der Waals surface area contributed by atoms with Crippen molar-refractivity contribution in [3.63, 3.8) is 0 Å². The van der Waals surface area contributed by atoms with E-state index in [4.69, 9.17) is 14.9 Å². The molecule has 0 aliphatic carbocycles. The Hall–Kier alpha value is -3.02. The number of rotatable bonds is 3. The smallest absolute Gasteiger partial charge is 0.417 e. The molecule has 3 rings (SSSR count). The highest BCUT2D eigenvalue weighted by molar-refractivity contribution is 6.10. The standard InChI is InChI=1S/C15H12N2O4/c1-20-12-5-3-8(6-10(12)16)14(18)9-2-4-11-13(7-9)21-15(19)17-11/h2-7H,16H2,1H3,(H,17,19). The Labute approximate surface area is 119 Å². The average Bonchev–Trinajstić information content (AvgIpc) is 2.85. The molecule has 0 amide bonds. The number of aromatic amines is 1. The molecule has 0 fully saturated rings. The number of carbonyl (C=O) groups excluding carboxylic acids is 1. The van der Waals surface area contributed by atoms with Crippen LogP contribution in [0.4, 0.5) is 5.69 Å². The average molecular weight is 284 g/mol. The molecule has 0 atom stereocenters. The summed E-state index contributed by atoms with van der Waals surface area (Å²) in [5.74, 6) is -0.253. The largest absolute Gasteiger partial charge is 0.495 e. The van der Waals surface area contributed by atoms with E-state index in [1.807, 2.05) is 0 Å². The van der Waals surface area contributed by atoms with E-state index in [1.54, 1.807) is 30.3 Å². The molecule has 2 aromatic carbocycles. The first-order valence-electron chi connectivity index (χ1n) is 6.19. The third kappa shape index (κ3) is 2.27. The van der Waals surface area contributed by atoms with Gasteiger partial charge in [-0.05, 0) is 36.4 Å². The number of ether oxygens (including phenoxy) is 1. The molecule has 1 heterocycles. The van der Waals surface area contributed by atoms with Crippen LogP contribution < -0.4 is 16.2 Å². The van der Waals surface area contributed by atoms with Crippen molar-refractivity contribution in [1.82, 2.24) is 4.98 Å². The summed E-state index contributed by atoms with van der Waals surface area (Å²) in [6.45, 7) is 0. The lowest BCUT2D eigenvalue weighted by Gasteiger charge is -2.06. The number of aromatic nitrogens is 1. The summed E-state index contributed by atoms with van der Waals surface area (Å²) in [6, 6.07) is 9.60. The van der Waals surface area contributed by atoms with Crippen LogP contribution in [-0.4, -0.2) is 17.9 Å². The molecule has 106 valence electrons. The van der Waals surface area contributed by atoms with Crippen molar-refractivity contribution < 1.29 is 13.9 Å². The van der Waals surface area contributed by atoms with Crippen molar-refractivity contribution in [1.29, 1.82) is 0 Å². The summed E-state index contributed by atoms with van der Waals surface area (Å²) < 4.78 is 10.0. The highest BCUT2D eigenvalue weighted by Crippen LogP contribution is 2.24. The van der Waals surface area contributed by atoms with Crippen molar-refractivity contribution >= 4 is 22.6 Å². The minimum Gasteiger partial charge on any atom is -0.495 e. The van der Waals surface area contributed by atoms with Gasteiger partial charge in [0.2, 0.25) is 0 Å². The van der Waals surface area contributed by atoms with Gasteiger partial charge in [-0.3, -0.25) is 9.78 Å². The number of hydrogen-bond donors (Lipinski definition) is 2. The second-order valence-electron chi connectivity index (χ2n) is 4.51. The fraction of sp³-hybridized carbons (Fsp3) is 0.0667. The maximum Gasteiger partial charge on any atom is 0.417 e. The zero-order valence-corrected chi connectivity index (χ0v) is 11.2. The number of benzene rings is 2. The number of hydrogen-bond acceptors (Lipinski definition) is 5. The lowest BCUT2D eigenvalue weighted by molar-refractivity contribution is 0.103. The van der Waals surface area contributed by atoms with Crippen LogP contribution in [0.25, 0.3) is 11.1 Å². The number of fused-ring (bicyclic) bond motifs is 1. The molecule has 0 saturated heterocycles. The second kappa shape index (κ2) is 4.82. The highest BCUT2D eigenvalue weighted by atomic mass is 16.5. The van der Waals surface area contributed by atoms with Gasteiger partial charge in [0.1, 0.15) is 5.75 Å². The van der Waals surface area contributed by atoms with Crippen molar-refractivity contribution in [2.75, 3.05) is 12.8 Å². The predicted molar refractivity (Wildman–Crippen MR) is 77.7 cm³/mol. The summed E-state index contributed by atoms with van der Waals surface area (Å²) in [7, 11) is 1.51. The van der Waals surface area contributed by atoms with Gasteiger partial charge < -0.3 is 14.9 Å². The maximum absolute atomic E-state index is 12.4. The molecule has 0 bridgehead atoms. The SMILES string of the molecule is COc1ccc(C(=O)c2ccc3[nH]c(=O)oc3c2)cc1N. The molecule has 6 heteroatoms. The van der Waals surface area contributed by atoms with Gasteiger partial charge in [0, 0.05) is 11.1 Å². The van der Waals surface area contributed by atoms with Crippen molar-refractivity contribution in [2.45, 2.75) is 0 Å². The molecular formula is C15H12N2O4. The van der Waals surface area contributed by atoms with Crippen molar-refractivity contribution in [2.24, 2.45) is 0 Å². The summed E-state index contributed by atoms with van der Waals surface area (Å²) in [4.78, 5) is 26.1. The summed E-state index contributed by atoms with van der Waals surface area (Å²) in [5.41, 5.74) is 7.92. The fourth-order valence-electron chi connectivity index (χ4n) is 2.13. The van der Waals surface area contributed by atoms with E-state index in [0.29, 0.717) is 33.7 Å².